The van der Waals surface area contributed by atoms with E-state index < -0.39 is 5.97 Å². The molecule has 0 bridgehead atoms. The van der Waals surface area contributed by atoms with Crippen molar-refractivity contribution in [1.29, 1.82) is 0 Å². The summed E-state index contributed by atoms with van der Waals surface area (Å²) in [5.41, 5.74) is 4.29. The molecule has 0 unspecified atom stereocenters. The van der Waals surface area contributed by atoms with E-state index >= 15 is 0 Å². The van der Waals surface area contributed by atoms with Gasteiger partial charge in [0, 0.05) is 11.9 Å². The molecule has 0 saturated carbocycles. The first-order valence-corrected chi connectivity index (χ1v) is 10.9. The average molecular weight is 435 g/mol. The summed E-state index contributed by atoms with van der Waals surface area (Å²) in [4.78, 5) is 31.2. The molecular weight excluding hydrogens is 416 g/mol. The number of thioether (sulfide) groups is 1. The molecule has 2 heterocycles. The second-order valence-electron chi connectivity index (χ2n) is 6.83. The Kier molecular flexibility index (Phi) is 5.57. The molecule has 1 N–H and O–H groups in total. The highest BCUT2D eigenvalue weighted by Crippen LogP contribution is 2.35. The van der Waals surface area contributed by atoms with E-state index in [2.05, 4.69) is 47.6 Å². The molecular formula is C23H18N2O3S2. The number of aliphatic imine (C=N–C) groups is 1. The second kappa shape index (κ2) is 8.30. The minimum Gasteiger partial charge on any atom is -0.478 e. The smallest absolute Gasteiger partial charge is 0.335 e. The zero-order valence-corrected chi connectivity index (χ0v) is 18.0. The van der Waals surface area contributed by atoms with Crippen LogP contribution in [0.4, 0.5) is 5.69 Å². The lowest BCUT2D eigenvalue weighted by atomic mass is 10.1. The van der Waals surface area contributed by atoms with Crippen LogP contribution in [0.2, 0.25) is 0 Å². The summed E-state index contributed by atoms with van der Waals surface area (Å²) in [5, 5.41) is 11.6. The Morgan fingerprint density at radius 2 is 1.77 bits per heavy atom. The third-order valence-electron chi connectivity index (χ3n) is 4.62. The molecule has 1 fully saturated rings. The summed E-state index contributed by atoms with van der Waals surface area (Å²) in [6, 6.07) is 16.7. The van der Waals surface area contributed by atoms with E-state index in [-0.39, 0.29) is 11.5 Å². The highest BCUT2D eigenvalue weighted by atomic mass is 32.2. The minimum atomic E-state index is -0.983. The van der Waals surface area contributed by atoms with Crippen LogP contribution < -0.4 is 0 Å². The van der Waals surface area contributed by atoms with Crippen LogP contribution in [0, 0.1) is 6.92 Å². The van der Waals surface area contributed by atoms with Gasteiger partial charge in [-0.25, -0.2) is 9.79 Å². The van der Waals surface area contributed by atoms with Crippen LogP contribution in [0.15, 0.2) is 69.9 Å². The molecule has 0 aliphatic carbocycles. The number of aryl methyl sites for hydroxylation is 1. The monoisotopic (exact) mass is 434 g/mol. The number of carboxylic acids is 1. The summed E-state index contributed by atoms with van der Waals surface area (Å²) in [6.07, 6.45) is 1.89. The van der Waals surface area contributed by atoms with Gasteiger partial charge >= 0.3 is 5.97 Å². The molecule has 1 aliphatic rings. The largest absolute Gasteiger partial charge is 0.478 e. The summed E-state index contributed by atoms with van der Waals surface area (Å²) >= 11 is 2.90. The Morgan fingerprint density at radius 1 is 1.07 bits per heavy atom. The fourth-order valence-corrected chi connectivity index (χ4v) is 4.80. The van der Waals surface area contributed by atoms with Crippen molar-refractivity contribution in [3.8, 4) is 11.1 Å². The van der Waals surface area contributed by atoms with E-state index in [0.29, 0.717) is 15.8 Å². The molecule has 0 radical (unpaired) electrons. The number of amidine groups is 1. The van der Waals surface area contributed by atoms with Crippen molar-refractivity contribution in [2.24, 2.45) is 4.99 Å². The Bertz CT molecular complexity index is 1180. The zero-order chi connectivity index (χ0) is 21.3. The quantitative estimate of drug-likeness (QED) is 0.538. The molecule has 7 heteroatoms. The van der Waals surface area contributed by atoms with Gasteiger partial charge in [-0.3, -0.25) is 9.69 Å². The Balaban J connectivity index is 1.55. The van der Waals surface area contributed by atoms with Crippen LogP contribution in [0.3, 0.4) is 0 Å². The van der Waals surface area contributed by atoms with E-state index in [9.17, 15) is 9.59 Å². The fourth-order valence-electron chi connectivity index (χ4n) is 2.90. The van der Waals surface area contributed by atoms with Crippen LogP contribution in [0.5, 0.6) is 0 Å². The van der Waals surface area contributed by atoms with Gasteiger partial charge in [-0.15, -0.1) is 11.3 Å². The van der Waals surface area contributed by atoms with Gasteiger partial charge in [-0.1, -0.05) is 29.8 Å². The van der Waals surface area contributed by atoms with E-state index in [1.807, 2.05) is 6.08 Å². The average Bonchev–Trinajstić information content (AvgIpc) is 3.30. The number of amides is 1. The summed E-state index contributed by atoms with van der Waals surface area (Å²) < 4.78 is 0. The van der Waals surface area contributed by atoms with Crippen molar-refractivity contribution in [3.05, 3.63) is 80.9 Å². The number of carbonyl (C=O) groups excluding carboxylic acids is 1. The topological polar surface area (TPSA) is 70.0 Å². The van der Waals surface area contributed by atoms with Crippen LogP contribution >= 0.6 is 23.1 Å². The number of aromatic carboxylic acids is 1. The van der Waals surface area contributed by atoms with Crippen LogP contribution in [-0.2, 0) is 4.79 Å². The highest BCUT2D eigenvalue weighted by molar-refractivity contribution is 8.18. The number of carboxylic acid groups (broad SMARTS) is 1. The maximum atomic E-state index is 12.7. The van der Waals surface area contributed by atoms with E-state index in [1.165, 1.54) is 34.4 Å². The van der Waals surface area contributed by atoms with Gasteiger partial charge in [-0.05, 0) is 71.6 Å². The fraction of sp³-hybridized carbons (Fsp3) is 0.0870. The van der Waals surface area contributed by atoms with Gasteiger partial charge < -0.3 is 5.11 Å². The standard InChI is InChI=1S/C23H18N2O3S2/c1-14-3-5-15(6-4-14)17-11-19(29-13-17)12-20-21(26)25(2)23(30-20)24-18-9-7-16(8-10-18)22(27)28/h3-13H,1-2H3,(H,27,28)/b20-12-,24-23?. The van der Waals surface area contributed by atoms with Crippen LogP contribution in [0.25, 0.3) is 17.2 Å². The third-order valence-corrected chi connectivity index (χ3v) is 6.56. The predicted octanol–water partition coefficient (Wildman–Crippen LogP) is 5.66. The molecule has 1 aromatic heterocycles. The predicted molar refractivity (Wildman–Crippen MR) is 123 cm³/mol. The number of carbonyl (C=O) groups is 2. The molecule has 1 amide bonds. The molecule has 1 aliphatic heterocycles. The molecule has 3 aromatic rings. The lowest BCUT2D eigenvalue weighted by Gasteiger charge is -2.07. The van der Waals surface area contributed by atoms with Crippen molar-refractivity contribution in [2.45, 2.75) is 6.92 Å². The SMILES string of the molecule is Cc1ccc(-c2csc(/C=C3\SC(=Nc4ccc(C(=O)O)cc4)N(C)C3=O)c2)cc1. The molecule has 150 valence electrons. The molecule has 0 atom stereocenters. The number of hydrogen-bond acceptors (Lipinski definition) is 5. The molecule has 2 aromatic carbocycles. The summed E-state index contributed by atoms with van der Waals surface area (Å²) in [7, 11) is 1.69. The maximum absolute atomic E-state index is 12.7. The van der Waals surface area contributed by atoms with Gasteiger partial charge in [0.25, 0.3) is 5.91 Å². The normalized spacial score (nSPS) is 16.6. The van der Waals surface area contributed by atoms with Crippen molar-refractivity contribution in [3.63, 3.8) is 0 Å². The molecule has 5 nitrogen and oxygen atoms in total. The van der Waals surface area contributed by atoms with E-state index in [4.69, 9.17) is 5.11 Å². The Morgan fingerprint density at radius 3 is 2.43 bits per heavy atom. The van der Waals surface area contributed by atoms with E-state index in [0.717, 1.165) is 16.0 Å². The number of rotatable bonds is 4. The second-order valence-corrected chi connectivity index (χ2v) is 8.78. The maximum Gasteiger partial charge on any atom is 0.335 e. The Labute approximate surface area is 182 Å². The first kappa shape index (κ1) is 20.1. The van der Waals surface area contributed by atoms with Crippen molar-refractivity contribution in [2.75, 3.05) is 7.05 Å². The van der Waals surface area contributed by atoms with Crippen LogP contribution in [0.1, 0.15) is 20.8 Å². The van der Waals surface area contributed by atoms with Gasteiger partial charge in [0.15, 0.2) is 5.17 Å². The third kappa shape index (κ3) is 4.22. The van der Waals surface area contributed by atoms with Gasteiger partial charge in [0.1, 0.15) is 0 Å². The number of likely N-dealkylation sites (N-methyl/N-ethyl adjacent to an activating group) is 1. The van der Waals surface area contributed by atoms with Crippen LogP contribution in [-0.4, -0.2) is 34.1 Å². The number of benzene rings is 2. The lowest BCUT2D eigenvalue weighted by molar-refractivity contribution is -0.121. The van der Waals surface area contributed by atoms with Gasteiger partial charge in [-0.2, -0.15) is 0 Å². The van der Waals surface area contributed by atoms with Crippen molar-refractivity contribution < 1.29 is 14.7 Å². The van der Waals surface area contributed by atoms with Crippen molar-refractivity contribution >= 4 is 51.9 Å². The van der Waals surface area contributed by atoms with E-state index in [1.54, 1.807) is 30.5 Å². The highest BCUT2D eigenvalue weighted by Gasteiger charge is 2.30. The molecule has 30 heavy (non-hydrogen) atoms. The summed E-state index contributed by atoms with van der Waals surface area (Å²) in [5.74, 6) is -1.09. The first-order valence-electron chi connectivity index (χ1n) is 9.16. The van der Waals surface area contributed by atoms with Gasteiger partial charge in [0.2, 0.25) is 0 Å². The number of thiophene rings is 1. The first-order chi connectivity index (χ1) is 14.4. The number of nitrogens with zero attached hydrogens (tertiary/aromatic N) is 2. The van der Waals surface area contributed by atoms with Gasteiger partial charge in [0.05, 0.1) is 16.2 Å². The molecule has 4 rings (SSSR count). The van der Waals surface area contributed by atoms with Crippen molar-refractivity contribution in [1.82, 2.24) is 4.90 Å². The summed E-state index contributed by atoms with van der Waals surface area (Å²) in [6.45, 7) is 2.06. The number of hydrogen-bond donors (Lipinski definition) is 1. The lowest BCUT2D eigenvalue weighted by Crippen LogP contribution is -2.23. The Hall–Kier alpha value is -3.16. The zero-order valence-electron chi connectivity index (χ0n) is 16.3. The molecule has 1 saturated heterocycles. The minimum absolute atomic E-state index is 0.105. The molecule has 0 spiro atoms.